The minimum Gasteiger partial charge on any atom is -0.462 e. The number of hydrogen-bond donors (Lipinski definition) is 3. The van der Waals surface area contributed by atoms with Gasteiger partial charge in [0.05, 0.1) is 26.4 Å². The lowest BCUT2D eigenvalue weighted by Crippen LogP contribution is -2.30. The zero-order valence-electron chi connectivity index (χ0n) is 66.2. The molecule has 0 heterocycles. The number of allylic oxidation sites excluding steroid dienone is 14. The lowest BCUT2D eigenvalue weighted by molar-refractivity contribution is -0.161. The van der Waals surface area contributed by atoms with Gasteiger partial charge in [-0.15, -0.1) is 0 Å². The number of hydrogen-bond acceptors (Lipinski definition) is 15. The number of rotatable bonds is 79. The highest BCUT2D eigenvalue weighted by molar-refractivity contribution is 7.47. The van der Waals surface area contributed by atoms with E-state index < -0.39 is 97.5 Å². The predicted octanol–water partition coefficient (Wildman–Crippen LogP) is 24.6. The van der Waals surface area contributed by atoms with E-state index in [-0.39, 0.29) is 25.7 Å². The number of ether oxygens (including phenoxy) is 4. The standard InChI is InChI=1S/C85H152O17P2/c1-5-9-13-17-21-25-29-33-37-38-39-40-44-48-52-56-60-64-68-72-85(90)102-81(76-96-83(88)70-66-62-58-54-50-46-42-35-31-27-23-19-15-11-7-3)78-100-104(93,94)98-74-79(86)73-97-103(91,92)99-77-80(101-84(89)71-67-63-59-55-51-47-43-36-32-28-24-20-16-12-8-4)75-95-82(87)69-65-61-57-53-49-45-41-34-30-26-22-18-14-10-6-2/h9,13,21,25-26,30,33,36-37,39-40,43,48,52,79-81,86H,5-8,10-12,14-20,22-24,27-29,31-32,34-35,38,41-42,44-47,49-51,53-78H2,1-4H3,(H,91,92)(H,93,94)/b13-9-,25-21-,30-26-,37-33-,40-39-,43-36-,52-48-/t79-,80-,81-/m1/s1. The smallest absolute Gasteiger partial charge is 0.462 e. The van der Waals surface area contributed by atoms with Crippen molar-refractivity contribution >= 4 is 39.5 Å². The molecule has 0 fully saturated rings. The molecule has 604 valence electrons. The molecule has 0 aliphatic carbocycles. The minimum absolute atomic E-state index is 0.0585. The summed E-state index contributed by atoms with van der Waals surface area (Å²) in [6.45, 7) is 4.77. The predicted molar refractivity (Wildman–Crippen MR) is 427 cm³/mol. The van der Waals surface area contributed by atoms with E-state index in [4.69, 9.17) is 37.0 Å². The van der Waals surface area contributed by atoms with Crippen molar-refractivity contribution in [2.24, 2.45) is 0 Å². The van der Waals surface area contributed by atoms with Crippen molar-refractivity contribution in [2.75, 3.05) is 39.6 Å². The molecule has 17 nitrogen and oxygen atoms in total. The summed E-state index contributed by atoms with van der Waals surface area (Å²) in [5.41, 5.74) is 0. The third kappa shape index (κ3) is 76.4. The third-order valence-corrected chi connectivity index (χ3v) is 19.7. The van der Waals surface area contributed by atoms with E-state index in [0.717, 1.165) is 148 Å². The average molecular weight is 1510 g/mol. The van der Waals surface area contributed by atoms with E-state index in [1.54, 1.807) is 0 Å². The molecule has 19 heteroatoms. The van der Waals surface area contributed by atoms with E-state index in [2.05, 4.69) is 113 Å². The molecule has 0 aromatic rings. The fourth-order valence-electron chi connectivity index (χ4n) is 11.5. The van der Waals surface area contributed by atoms with E-state index in [0.29, 0.717) is 25.7 Å². The Hall–Kier alpha value is -3.76. The molecule has 0 spiro atoms. The van der Waals surface area contributed by atoms with E-state index in [1.807, 2.05) is 0 Å². The van der Waals surface area contributed by atoms with Crippen LogP contribution in [-0.2, 0) is 65.4 Å². The number of aliphatic hydroxyl groups excluding tert-OH is 1. The van der Waals surface area contributed by atoms with Gasteiger partial charge in [-0.25, -0.2) is 9.13 Å². The van der Waals surface area contributed by atoms with Crippen LogP contribution in [0.2, 0.25) is 0 Å². The second kappa shape index (κ2) is 77.4. The molecule has 0 rings (SSSR count). The van der Waals surface area contributed by atoms with Crippen LogP contribution in [0.15, 0.2) is 85.1 Å². The number of aliphatic hydroxyl groups is 1. The molecule has 0 aromatic heterocycles. The molecule has 0 aliphatic heterocycles. The average Bonchev–Trinajstić information content (AvgIpc) is 0.943. The van der Waals surface area contributed by atoms with Gasteiger partial charge in [0, 0.05) is 25.7 Å². The number of phosphoric ester groups is 2. The highest BCUT2D eigenvalue weighted by Gasteiger charge is 2.30. The maximum atomic E-state index is 13.1. The third-order valence-electron chi connectivity index (χ3n) is 17.8. The molecule has 0 saturated heterocycles. The summed E-state index contributed by atoms with van der Waals surface area (Å²) < 4.78 is 68.7. The maximum absolute atomic E-state index is 13.1. The zero-order chi connectivity index (χ0) is 76.0. The van der Waals surface area contributed by atoms with Gasteiger partial charge in [-0.05, 0) is 122 Å². The first-order valence-electron chi connectivity index (χ1n) is 41.8. The normalized spacial score (nSPS) is 14.3. The van der Waals surface area contributed by atoms with Crippen LogP contribution in [0.3, 0.4) is 0 Å². The summed E-state index contributed by atoms with van der Waals surface area (Å²) in [5, 5.41) is 10.7. The monoisotopic (exact) mass is 1510 g/mol. The van der Waals surface area contributed by atoms with Crippen LogP contribution in [-0.4, -0.2) is 96.7 Å². The second-order valence-electron chi connectivity index (χ2n) is 28.0. The second-order valence-corrected chi connectivity index (χ2v) is 30.9. The Labute approximate surface area is 634 Å². The van der Waals surface area contributed by atoms with Gasteiger partial charge in [0.15, 0.2) is 12.2 Å². The summed E-state index contributed by atoms with van der Waals surface area (Å²) in [5.74, 6) is -2.20. The number of carbonyl (C=O) groups is 4. The van der Waals surface area contributed by atoms with E-state index >= 15 is 0 Å². The van der Waals surface area contributed by atoms with Crippen LogP contribution < -0.4 is 0 Å². The Morgan fingerprint density at radius 1 is 0.279 bits per heavy atom. The molecule has 3 N–H and O–H groups in total. The molecule has 0 saturated carbocycles. The number of phosphoric acid groups is 2. The Kier molecular flexibility index (Phi) is 74.6. The van der Waals surface area contributed by atoms with Crippen molar-refractivity contribution in [2.45, 2.75) is 393 Å². The number of unbranched alkanes of at least 4 members (excludes halogenated alkanes) is 39. The molecule has 104 heavy (non-hydrogen) atoms. The van der Waals surface area contributed by atoms with Crippen LogP contribution >= 0.6 is 15.6 Å². The molecule has 5 atom stereocenters. The molecule has 0 bridgehead atoms. The Morgan fingerprint density at radius 2 is 0.500 bits per heavy atom. The Bertz CT molecular complexity index is 2300. The number of carbonyl (C=O) groups excluding carboxylic acids is 4. The van der Waals surface area contributed by atoms with E-state index in [9.17, 15) is 43.2 Å². The van der Waals surface area contributed by atoms with Gasteiger partial charge in [0.1, 0.15) is 19.3 Å². The van der Waals surface area contributed by atoms with Crippen LogP contribution in [0.1, 0.15) is 374 Å². The lowest BCUT2D eigenvalue weighted by atomic mass is 10.0. The zero-order valence-corrected chi connectivity index (χ0v) is 68.0. The van der Waals surface area contributed by atoms with E-state index in [1.165, 1.54) is 148 Å². The first kappa shape index (κ1) is 100. The molecule has 0 amide bonds. The number of esters is 4. The summed E-state index contributed by atoms with van der Waals surface area (Å²) >= 11 is 0. The van der Waals surface area contributed by atoms with Gasteiger partial charge in [0.2, 0.25) is 0 Å². The Morgan fingerprint density at radius 3 is 0.798 bits per heavy atom. The largest absolute Gasteiger partial charge is 0.472 e. The molecular formula is C85H152O17P2. The quantitative estimate of drug-likeness (QED) is 0.0169. The van der Waals surface area contributed by atoms with Crippen LogP contribution in [0.25, 0.3) is 0 Å². The van der Waals surface area contributed by atoms with Gasteiger partial charge in [-0.2, -0.15) is 0 Å². The van der Waals surface area contributed by atoms with Gasteiger partial charge in [0.25, 0.3) is 0 Å². The van der Waals surface area contributed by atoms with Gasteiger partial charge in [-0.1, -0.05) is 312 Å². The summed E-state index contributed by atoms with van der Waals surface area (Å²) in [6, 6.07) is 0. The lowest BCUT2D eigenvalue weighted by Gasteiger charge is -2.21. The molecule has 0 aliphatic rings. The first-order valence-corrected chi connectivity index (χ1v) is 44.8. The Balaban J connectivity index is 5.38. The molecule has 0 aromatic carbocycles. The SMILES string of the molecule is CC/C=C\C/C=C\C/C=C\C/C=C\C/C=C\CCCCCC(=O)O[C@H](COC(=O)CCCCCCCCCCCCCCCCC)COP(=O)(O)OC[C@H](O)COP(=O)(O)OC[C@@H](COC(=O)CCCCCCCCC/C=C\CCCCCC)OC(=O)CCCCCCC/C=C\CCCCCCCC. The highest BCUT2D eigenvalue weighted by atomic mass is 31.2. The summed E-state index contributed by atoms with van der Waals surface area (Å²) in [6.07, 6.45) is 81.2. The van der Waals surface area contributed by atoms with Gasteiger partial charge >= 0.3 is 39.5 Å². The summed E-state index contributed by atoms with van der Waals surface area (Å²) in [7, 11) is -9.96. The van der Waals surface area contributed by atoms with Gasteiger partial charge in [-0.3, -0.25) is 37.3 Å². The molecular weight excluding hydrogens is 1350 g/mol. The molecule has 0 radical (unpaired) electrons. The van der Waals surface area contributed by atoms with Crippen molar-refractivity contribution in [3.05, 3.63) is 85.1 Å². The topological polar surface area (TPSA) is 237 Å². The van der Waals surface area contributed by atoms with Crippen LogP contribution in [0, 0.1) is 0 Å². The van der Waals surface area contributed by atoms with Crippen LogP contribution in [0.4, 0.5) is 0 Å². The fourth-order valence-corrected chi connectivity index (χ4v) is 13.1. The fraction of sp³-hybridized carbons (Fsp3) is 0.788. The van der Waals surface area contributed by atoms with Crippen molar-refractivity contribution < 1.29 is 80.2 Å². The van der Waals surface area contributed by atoms with Crippen LogP contribution in [0.5, 0.6) is 0 Å². The molecule has 2 unspecified atom stereocenters. The summed E-state index contributed by atoms with van der Waals surface area (Å²) in [4.78, 5) is 73.1. The minimum atomic E-state index is -4.99. The van der Waals surface area contributed by atoms with Crippen molar-refractivity contribution in [3.63, 3.8) is 0 Å². The highest BCUT2D eigenvalue weighted by Crippen LogP contribution is 2.45. The van der Waals surface area contributed by atoms with Crippen molar-refractivity contribution in [1.82, 2.24) is 0 Å². The van der Waals surface area contributed by atoms with Crippen molar-refractivity contribution in [1.29, 1.82) is 0 Å². The maximum Gasteiger partial charge on any atom is 0.472 e. The first-order chi connectivity index (χ1) is 50.7. The van der Waals surface area contributed by atoms with Crippen molar-refractivity contribution in [3.8, 4) is 0 Å². The van der Waals surface area contributed by atoms with Gasteiger partial charge < -0.3 is 33.8 Å².